The van der Waals surface area contributed by atoms with Crippen molar-refractivity contribution in [3.05, 3.63) is 83.8 Å². The Morgan fingerprint density at radius 2 is 1.73 bits per heavy atom. The van der Waals surface area contributed by atoms with Crippen LogP contribution in [0.1, 0.15) is 12.2 Å². The molecule has 1 aliphatic rings. The molecule has 1 saturated heterocycles. The number of rotatable bonds is 6. The maximum absolute atomic E-state index is 13.1. The first-order chi connectivity index (χ1) is 14.5. The monoisotopic (exact) mass is 423 g/mol. The maximum Gasteiger partial charge on any atom is 0.332 e. The number of anilines is 2. The fourth-order valence-electron chi connectivity index (χ4n) is 3.32. The summed E-state index contributed by atoms with van der Waals surface area (Å²) in [4.78, 5) is 41.3. The fraction of sp³-hybridized carbons (Fsp3) is 0.136. The minimum absolute atomic E-state index is 0.0744. The Morgan fingerprint density at radius 1 is 1.00 bits per heavy atom. The molecule has 1 aromatic heterocycles. The van der Waals surface area contributed by atoms with Gasteiger partial charge < -0.3 is 14.6 Å². The predicted molar refractivity (Wildman–Crippen MR) is 112 cm³/mol. The quantitative estimate of drug-likeness (QED) is 0.599. The Bertz CT molecular complexity index is 1050. The Morgan fingerprint density at radius 3 is 2.40 bits per heavy atom. The van der Waals surface area contributed by atoms with Crippen LogP contribution in [-0.2, 0) is 16.1 Å². The summed E-state index contributed by atoms with van der Waals surface area (Å²) < 4.78 is 5.34. The van der Waals surface area contributed by atoms with Crippen LogP contribution in [0.15, 0.2) is 77.4 Å². The van der Waals surface area contributed by atoms with E-state index in [0.29, 0.717) is 22.2 Å². The fourth-order valence-corrected chi connectivity index (χ4v) is 3.45. The van der Waals surface area contributed by atoms with Gasteiger partial charge in [-0.1, -0.05) is 29.8 Å². The average molecular weight is 424 g/mol. The van der Waals surface area contributed by atoms with Gasteiger partial charge in [-0.3, -0.25) is 9.59 Å². The van der Waals surface area contributed by atoms with Gasteiger partial charge in [-0.15, -0.1) is 0 Å². The van der Waals surface area contributed by atoms with Crippen molar-refractivity contribution in [1.29, 1.82) is 0 Å². The molecule has 0 aliphatic carbocycles. The maximum atomic E-state index is 13.1. The van der Waals surface area contributed by atoms with E-state index in [0.717, 1.165) is 4.90 Å². The number of hydrogen-bond donors (Lipinski definition) is 1. The molecule has 1 fully saturated rings. The SMILES string of the molecule is O=C(CC1C(=O)N(c2ccc(Cl)cc2)C(=O)N1Cc1ccco1)Nc1ccccc1. The zero-order chi connectivity index (χ0) is 21.1. The molecule has 8 heteroatoms. The number of urea groups is 1. The van der Waals surface area contributed by atoms with Crippen LogP contribution < -0.4 is 10.2 Å². The van der Waals surface area contributed by atoms with E-state index in [1.165, 1.54) is 11.2 Å². The van der Waals surface area contributed by atoms with Crippen LogP contribution in [0.25, 0.3) is 0 Å². The second-order valence-electron chi connectivity index (χ2n) is 6.77. The number of para-hydroxylation sites is 1. The summed E-state index contributed by atoms with van der Waals surface area (Å²) in [5.74, 6) is -0.325. The number of imide groups is 1. The summed E-state index contributed by atoms with van der Waals surface area (Å²) in [5, 5.41) is 3.25. The predicted octanol–water partition coefficient (Wildman–Crippen LogP) is 4.30. The van der Waals surface area contributed by atoms with Crippen LogP contribution in [0.2, 0.25) is 5.02 Å². The van der Waals surface area contributed by atoms with Gasteiger partial charge >= 0.3 is 6.03 Å². The van der Waals surface area contributed by atoms with Gasteiger partial charge in [0.15, 0.2) is 0 Å². The molecule has 1 N–H and O–H groups in total. The molecular formula is C22H18ClN3O4. The third kappa shape index (κ3) is 4.06. The molecule has 152 valence electrons. The summed E-state index contributed by atoms with van der Waals surface area (Å²) in [6.45, 7) is 0.0744. The number of amides is 4. The summed E-state index contributed by atoms with van der Waals surface area (Å²) in [6.07, 6.45) is 1.32. The molecule has 0 radical (unpaired) electrons. The van der Waals surface area contributed by atoms with Gasteiger partial charge in [-0.05, 0) is 48.5 Å². The highest BCUT2D eigenvalue weighted by Crippen LogP contribution is 2.29. The Labute approximate surface area is 177 Å². The molecule has 7 nitrogen and oxygen atoms in total. The van der Waals surface area contributed by atoms with Crippen molar-refractivity contribution in [3.8, 4) is 0 Å². The van der Waals surface area contributed by atoms with E-state index in [1.807, 2.05) is 6.07 Å². The number of halogens is 1. The lowest BCUT2D eigenvalue weighted by Gasteiger charge is -2.20. The number of nitrogens with zero attached hydrogens (tertiary/aromatic N) is 2. The Balaban J connectivity index is 1.59. The van der Waals surface area contributed by atoms with Gasteiger partial charge in [-0.25, -0.2) is 9.69 Å². The van der Waals surface area contributed by atoms with E-state index in [2.05, 4.69) is 5.32 Å². The number of hydrogen-bond acceptors (Lipinski definition) is 4. The topological polar surface area (TPSA) is 82.9 Å². The summed E-state index contributed by atoms with van der Waals surface area (Å²) in [5.41, 5.74) is 1.01. The number of carbonyl (C=O) groups excluding carboxylic acids is 3. The van der Waals surface area contributed by atoms with Crippen molar-refractivity contribution in [2.45, 2.75) is 19.0 Å². The molecule has 3 aromatic rings. The van der Waals surface area contributed by atoms with E-state index >= 15 is 0 Å². The van der Waals surface area contributed by atoms with Crippen LogP contribution in [0.3, 0.4) is 0 Å². The van der Waals surface area contributed by atoms with E-state index < -0.39 is 18.0 Å². The lowest BCUT2D eigenvalue weighted by molar-refractivity contribution is -0.124. The molecule has 2 heterocycles. The van der Waals surface area contributed by atoms with Crippen molar-refractivity contribution >= 4 is 40.8 Å². The average Bonchev–Trinajstić information content (AvgIpc) is 3.33. The molecule has 30 heavy (non-hydrogen) atoms. The first kappa shape index (κ1) is 19.7. The Kier molecular flexibility index (Phi) is 5.54. The van der Waals surface area contributed by atoms with Crippen molar-refractivity contribution in [2.75, 3.05) is 10.2 Å². The number of carbonyl (C=O) groups is 3. The molecular weight excluding hydrogens is 406 g/mol. The van der Waals surface area contributed by atoms with Crippen LogP contribution in [-0.4, -0.2) is 28.8 Å². The van der Waals surface area contributed by atoms with Crippen LogP contribution in [0, 0.1) is 0 Å². The van der Waals surface area contributed by atoms with Gasteiger partial charge in [0.25, 0.3) is 5.91 Å². The third-order valence-electron chi connectivity index (χ3n) is 4.75. The van der Waals surface area contributed by atoms with Crippen molar-refractivity contribution < 1.29 is 18.8 Å². The van der Waals surface area contributed by atoms with Crippen molar-refractivity contribution in [1.82, 2.24) is 4.90 Å². The molecule has 2 aromatic carbocycles. The van der Waals surface area contributed by atoms with Crippen LogP contribution >= 0.6 is 11.6 Å². The van der Waals surface area contributed by atoms with E-state index in [9.17, 15) is 14.4 Å². The highest BCUT2D eigenvalue weighted by Gasteiger charge is 2.47. The minimum atomic E-state index is -0.956. The molecule has 1 atom stereocenters. The molecule has 4 rings (SSSR count). The standard InChI is InChI=1S/C22H18ClN3O4/c23-15-8-10-17(11-9-15)26-21(28)19(13-20(27)24-16-5-2-1-3-6-16)25(22(26)29)14-18-7-4-12-30-18/h1-12,19H,13-14H2,(H,24,27). The zero-order valence-corrected chi connectivity index (χ0v) is 16.6. The second-order valence-corrected chi connectivity index (χ2v) is 7.21. The third-order valence-corrected chi connectivity index (χ3v) is 5.00. The minimum Gasteiger partial charge on any atom is -0.467 e. The number of benzene rings is 2. The largest absolute Gasteiger partial charge is 0.467 e. The zero-order valence-electron chi connectivity index (χ0n) is 15.8. The molecule has 0 saturated carbocycles. The van der Waals surface area contributed by atoms with Gasteiger partial charge in [-0.2, -0.15) is 0 Å². The van der Waals surface area contributed by atoms with Crippen LogP contribution in [0.4, 0.5) is 16.2 Å². The normalized spacial score (nSPS) is 16.2. The highest BCUT2D eigenvalue weighted by atomic mass is 35.5. The summed E-state index contributed by atoms with van der Waals surface area (Å²) in [7, 11) is 0. The molecule has 4 amide bonds. The van der Waals surface area contributed by atoms with Gasteiger partial charge in [0, 0.05) is 10.7 Å². The van der Waals surface area contributed by atoms with Gasteiger partial charge in [0.2, 0.25) is 5.91 Å². The molecule has 0 bridgehead atoms. The summed E-state index contributed by atoms with van der Waals surface area (Å²) in [6, 6.07) is 17.3. The van der Waals surface area contributed by atoms with Crippen LogP contribution in [0.5, 0.6) is 0 Å². The lowest BCUT2D eigenvalue weighted by atomic mass is 10.1. The number of nitrogens with one attached hydrogen (secondary N) is 1. The number of furan rings is 1. The Hall–Kier alpha value is -3.58. The van der Waals surface area contributed by atoms with E-state index in [-0.39, 0.29) is 18.9 Å². The van der Waals surface area contributed by atoms with Crippen molar-refractivity contribution in [3.63, 3.8) is 0 Å². The first-order valence-electron chi connectivity index (χ1n) is 9.30. The second kappa shape index (κ2) is 8.42. The smallest absolute Gasteiger partial charge is 0.332 e. The molecule has 1 unspecified atom stereocenters. The molecule has 1 aliphatic heterocycles. The molecule has 0 spiro atoms. The lowest BCUT2D eigenvalue weighted by Crippen LogP contribution is -2.37. The first-order valence-corrected chi connectivity index (χ1v) is 9.68. The van der Waals surface area contributed by atoms with Gasteiger partial charge in [0.05, 0.1) is 24.9 Å². The summed E-state index contributed by atoms with van der Waals surface area (Å²) >= 11 is 5.93. The van der Waals surface area contributed by atoms with Crippen molar-refractivity contribution in [2.24, 2.45) is 0 Å². The highest BCUT2D eigenvalue weighted by molar-refractivity contribution is 6.30. The van der Waals surface area contributed by atoms with E-state index in [4.69, 9.17) is 16.0 Å². The van der Waals surface area contributed by atoms with Gasteiger partial charge in [0.1, 0.15) is 11.8 Å². The van der Waals surface area contributed by atoms with E-state index in [1.54, 1.807) is 60.7 Å².